The topological polar surface area (TPSA) is 177 Å². The van der Waals surface area contributed by atoms with Crippen molar-refractivity contribution in [1.82, 2.24) is 15.2 Å². The van der Waals surface area contributed by atoms with E-state index in [0.29, 0.717) is 0 Å². The van der Waals surface area contributed by atoms with Gasteiger partial charge in [0.15, 0.2) is 5.03 Å². The Morgan fingerprint density at radius 2 is 1.42 bits per heavy atom. The predicted octanol–water partition coefficient (Wildman–Crippen LogP) is 2.21. The van der Waals surface area contributed by atoms with E-state index in [2.05, 4.69) is 4.99 Å². The molecule has 0 saturated carbocycles. The fourth-order valence-electron chi connectivity index (χ4n) is 4.63. The molecule has 43 heavy (non-hydrogen) atoms. The molecule has 0 spiro atoms. The van der Waals surface area contributed by atoms with Gasteiger partial charge < -0.3 is 21.3 Å². The lowest BCUT2D eigenvalue weighted by Gasteiger charge is -2.33. The summed E-state index contributed by atoms with van der Waals surface area (Å²) in [5.74, 6) is -2.12. The van der Waals surface area contributed by atoms with Gasteiger partial charge in [-0.15, -0.1) is 0 Å². The van der Waals surface area contributed by atoms with Gasteiger partial charge in [0.25, 0.3) is 5.96 Å². The van der Waals surface area contributed by atoms with E-state index in [1.54, 1.807) is 19.5 Å². The molecule has 0 aliphatic carbocycles. The smallest absolute Gasteiger partial charge is 0.251 e. The van der Waals surface area contributed by atoms with E-state index < -0.39 is 22.9 Å². The highest BCUT2D eigenvalue weighted by atomic mass is 16.7. The number of nitro groups is 1. The van der Waals surface area contributed by atoms with Crippen LogP contribution in [0.15, 0.2) is 89.9 Å². The van der Waals surface area contributed by atoms with E-state index in [9.17, 15) is 24.5 Å². The van der Waals surface area contributed by atoms with Crippen molar-refractivity contribution >= 4 is 23.7 Å². The number of rotatable bonds is 14. The van der Waals surface area contributed by atoms with Gasteiger partial charge in [-0.3, -0.25) is 14.4 Å². The summed E-state index contributed by atoms with van der Waals surface area (Å²) in [6.07, 6.45) is 0.672. The second-order valence-electron chi connectivity index (χ2n) is 10.2. The molecule has 0 unspecified atom stereocenters. The van der Waals surface area contributed by atoms with E-state index >= 15 is 0 Å². The van der Waals surface area contributed by atoms with Gasteiger partial charge in [0.2, 0.25) is 17.7 Å². The molecule has 3 aromatic rings. The lowest BCUT2D eigenvalue weighted by atomic mass is 9.89. The molecule has 3 aromatic carbocycles. The van der Waals surface area contributed by atoms with Crippen LogP contribution in [0.3, 0.4) is 0 Å². The molecular weight excluding hydrogens is 550 g/mol. The zero-order valence-electron chi connectivity index (χ0n) is 24.3. The van der Waals surface area contributed by atoms with Crippen LogP contribution in [0.5, 0.6) is 0 Å². The number of primary amides is 1. The number of hydrazine groups is 1. The fourth-order valence-corrected chi connectivity index (χ4v) is 4.63. The van der Waals surface area contributed by atoms with Crippen molar-refractivity contribution in [2.75, 3.05) is 20.6 Å². The zero-order valence-corrected chi connectivity index (χ0v) is 24.3. The van der Waals surface area contributed by atoms with Gasteiger partial charge in [0.1, 0.15) is 6.04 Å². The SMILES string of the molecule is CN(C)C(=O)Cc1ccc(CN(C(=O)C(c2ccccc2)c2ccccc2)[C@H](CCCN=C(N)N[N+](=O)[O-])C(N)=O)cc1. The summed E-state index contributed by atoms with van der Waals surface area (Å²) in [5.41, 5.74) is 16.2. The van der Waals surface area contributed by atoms with Gasteiger partial charge in [-0.25, -0.2) is 15.1 Å². The van der Waals surface area contributed by atoms with Crippen molar-refractivity contribution < 1.29 is 19.4 Å². The number of benzene rings is 3. The number of guanidine groups is 1. The molecule has 12 heteroatoms. The maximum atomic E-state index is 14.5. The van der Waals surface area contributed by atoms with E-state index in [4.69, 9.17) is 11.5 Å². The predicted molar refractivity (Wildman–Crippen MR) is 163 cm³/mol. The quantitative estimate of drug-likeness (QED) is 0.0851. The lowest BCUT2D eigenvalue weighted by molar-refractivity contribution is -0.525. The van der Waals surface area contributed by atoms with Crippen molar-refractivity contribution in [1.29, 1.82) is 0 Å². The molecule has 0 aliphatic rings. The largest absolute Gasteiger partial charge is 0.368 e. The minimum absolute atomic E-state index is 0.0383. The minimum atomic E-state index is -1.00. The summed E-state index contributed by atoms with van der Waals surface area (Å²) in [7, 11) is 3.39. The first-order valence-corrected chi connectivity index (χ1v) is 13.8. The Hall–Kier alpha value is -5.26. The van der Waals surface area contributed by atoms with E-state index in [1.165, 1.54) is 9.80 Å². The Labute approximate surface area is 250 Å². The standard InChI is InChI=1S/C31H37N7O5/c1-36(2)27(39)20-22-15-17-23(18-16-22)21-37(26(29(32)40)14-9-19-34-31(33)35-38(42)43)30(41)28(24-10-5-3-6-11-24)25-12-7-4-8-13-25/h3-8,10-13,15-18,26,28H,9,14,19-21H2,1-2H3,(H2,32,40)(H3,33,34,35)/t26-/m1/s1. The molecule has 0 bridgehead atoms. The number of hydrogen-bond acceptors (Lipinski definition) is 6. The summed E-state index contributed by atoms with van der Waals surface area (Å²) in [5, 5.41) is 9.77. The molecule has 0 radical (unpaired) electrons. The highest BCUT2D eigenvalue weighted by Gasteiger charge is 2.34. The number of likely N-dealkylation sites (N-methyl/N-ethyl adjacent to an activating group) is 1. The van der Waals surface area contributed by atoms with Crippen LogP contribution in [0.4, 0.5) is 0 Å². The third-order valence-corrected chi connectivity index (χ3v) is 6.85. The number of carbonyl (C=O) groups excluding carboxylic acids is 3. The number of nitrogens with zero attached hydrogens (tertiary/aromatic N) is 4. The summed E-state index contributed by atoms with van der Waals surface area (Å²) < 4.78 is 0. The van der Waals surface area contributed by atoms with Crippen molar-refractivity contribution in [2.45, 2.75) is 37.8 Å². The summed E-state index contributed by atoms with van der Waals surface area (Å²) in [6.45, 7) is 0.159. The maximum absolute atomic E-state index is 14.5. The van der Waals surface area contributed by atoms with Crippen LogP contribution >= 0.6 is 0 Å². The molecule has 1 atom stereocenters. The number of nitrogens with two attached hydrogens (primary N) is 2. The molecule has 226 valence electrons. The van der Waals surface area contributed by atoms with Gasteiger partial charge in [-0.05, 0) is 35.1 Å². The van der Waals surface area contributed by atoms with Crippen LogP contribution in [0.1, 0.15) is 41.0 Å². The van der Waals surface area contributed by atoms with Gasteiger partial charge in [-0.1, -0.05) is 90.4 Å². The molecule has 12 nitrogen and oxygen atoms in total. The summed E-state index contributed by atoms with van der Waals surface area (Å²) in [4.78, 5) is 57.0. The Bertz CT molecular complexity index is 1370. The highest BCUT2D eigenvalue weighted by Crippen LogP contribution is 2.29. The lowest BCUT2D eigenvalue weighted by Crippen LogP contribution is -2.49. The van der Waals surface area contributed by atoms with Gasteiger partial charge in [-0.2, -0.15) is 0 Å². The van der Waals surface area contributed by atoms with Gasteiger partial charge in [0.05, 0.1) is 12.3 Å². The van der Waals surface area contributed by atoms with Crippen LogP contribution in [-0.2, 0) is 27.3 Å². The molecule has 0 fully saturated rings. The number of aliphatic imine (C=N–C) groups is 1. The number of amides is 3. The van der Waals surface area contributed by atoms with Gasteiger partial charge in [0, 0.05) is 27.2 Å². The number of carbonyl (C=O) groups is 3. The Kier molecular flexibility index (Phi) is 11.7. The first-order chi connectivity index (χ1) is 20.6. The third-order valence-electron chi connectivity index (χ3n) is 6.85. The molecule has 5 N–H and O–H groups in total. The molecule has 0 saturated heterocycles. The molecule has 0 heterocycles. The minimum Gasteiger partial charge on any atom is -0.368 e. The van der Waals surface area contributed by atoms with Crippen LogP contribution in [-0.4, -0.2) is 65.2 Å². The average Bonchev–Trinajstić information content (AvgIpc) is 2.97. The fraction of sp³-hybridized carbons (Fsp3) is 0.290. The Morgan fingerprint density at radius 3 is 1.91 bits per heavy atom. The van der Waals surface area contributed by atoms with E-state index in [-0.39, 0.29) is 50.1 Å². The summed E-state index contributed by atoms with van der Waals surface area (Å²) >= 11 is 0. The monoisotopic (exact) mass is 587 g/mol. The second-order valence-corrected chi connectivity index (χ2v) is 10.2. The Balaban J connectivity index is 1.96. The second kappa shape index (κ2) is 15.7. The number of hydrogen-bond donors (Lipinski definition) is 3. The molecule has 3 rings (SSSR count). The van der Waals surface area contributed by atoms with Crippen LogP contribution < -0.4 is 16.9 Å². The molecule has 0 aliphatic heterocycles. The number of nitrogens with one attached hydrogen (secondary N) is 1. The van der Waals surface area contributed by atoms with Crippen LogP contribution in [0, 0.1) is 10.1 Å². The zero-order chi connectivity index (χ0) is 31.4. The Morgan fingerprint density at radius 1 is 0.884 bits per heavy atom. The van der Waals surface area contributed by atoms with Crippen molar-refractivity contribution in [3.8, 4) is 0 Å². The van der Waals surface area contributed by atoms with Crippen LogP contribution in [0.2, 0.25) is 0 Å². The van der Waals surface area contributed by atoms with E-state index in [1.807, 2.05) is 84.9 Å². The highest BCUT2D eigenvalue weighted by molar-refractivity contribution is 5.92. The first kappa shape index (κ1) is 32.3. The first-order valence-electron chi connectivity index (χ1n) is 13.8. The van der Waals surface area contributed by atoms with Crippen LogP contribution in [0.25, 0.3) is 0 Å². The molecule has 0 aromatic heterocycles. The summed E-state index contributed by atoms with van der Waals surface area (Å²) in [6, 6.07) is 24.9. The molecule has 3 amide bonds. The van der Waals surface area contributed by atoms with E-state index in [0.717, 1.165) is 22.3 Å². The van der Waals surface area contributed by atoms with Crippen molar-refractivity contribution in [3.63, 3.8) is 0 Å². The normalized spacial score (nSPS) is 11.9. The third kappa shape index (κ3) is 9.66. The van der Waals surface area contributed by atoms with Gasteiger partial charge >= 0.3 is 0 Å². The van der Waals surface area contributed by atoms with Crippen molar-refractivity contribution in [3.05, 3.63) is 117 Å². The van der Waals surface area contributed by atoms with Crippen molar-refractivity contribution in [2.24, 2.45) is 16.5 Å². The molecular formula is C31H37N7O5. The maximum Gasteiger partial charge on any atom is 0.251 e. The average molecular weight is 588 g/mol.